The molecule has 4 rings (SSSR count). The minimum absolute atomic E-state index is 0.00722. The molecular weight excluding hydrogens is 362 g/mol. The van der Waals surface area contributed by atoms with E-state index in [0.717, 1.165) is 11.3 Å². The zero-order valence-electron chi connectivity index (χ0n) is 15.5. The summed E-state index contributed by atoms with van der Waals surface area (Å²) < 4.78 is 1.73. The maximum atomic E-state index is 12.6. The van der Waals surface area contributed by atoms with Crippen LogP contribution in [0.4, 0.5) is 5.95 Å². The molecule has 1 saturated heterocycles. The zero-order valence-corrected chi connectivity index (χ0v) is 16.3. The molecule has 27 heavy (non-hydrogen) atoms. The van der Waals surface area contributed by atoms with Crippen LogP contribution < -0.4 is 5.32 Å². The summed E-state index contributed by atoms with van der Waals surface area (Å²) >= 11 is 1.47. The number of nitrogens with zero attached hydrogens (tertiary/aromatic N) is 4. The number of thiazole rings is 1. The summed E-state index contributed by atoms with van der Waals surface area (Å²) in [5.74, 6) is -0.319. The molecule has 1 aromatic carbocycles. The van der Waals surface area contributed by atoms with Crippen LogP contribution in [0, 0.1) is 5.92 Å². The minimum Gasteiger partial charge on any atom is -0.337 e. The Morgan fingerprint density at radius 1 is 1.26 bits per heavy atom. The molecule has 0 radical (unpaired) electrons. The van der Waals surface area contributed by atoms with E-state index in [1.54, 1.807) is 9.42 Å². The third-order valence-electron chi connectivity index (χ3n) is 4.69. The number of hydrogen-bond acceptors (Lipinski definition) is 5. The van der Waals surface area contributed by atoms with Crippen LogP contribution in [0.5, 0.6) is 0 Å². The predicted molar refractivity (Wildman–Crippen MR) is 105 cm³/mol. The predicted octanol–water partition coefficient (Wildman–Crippen LogP) is 3.04. The van der Waals surface area contributed by atoms with E-state index in [-0.39, 0.29) is 35.6 Å². The first-order chi connectivity index (χ1) is 12.8. The van der Waals surface area contributed by atoms with Crippen molar-refractivity contribution in [2.24, 2.45) is 5.92 Å². The number of amides is 2. The molecule has 1 N–H and O–H groups in total. The minimum atomic E-state index is -0.383. The van der Waals surface area contributed by atoms with Gasteiger partial charge in [0.1, 0.15) is 0 Å². The maximum absolute atomic E-state index is 12.6. The third kappa shape index (κ3) is 3.32. The summed E-state index contributed by atoms with van der Waals surface area (Å²) in [5, 5.41) is 9.20. The van der Waals surface area contributed by atoms with Crippen LogP contribution in [0.1, 0.15) is 27.2 Å². The van der Waals surface area contributed by atoms with Crippen LogP contribution in [-0.2, 0) is 9.59 Å². The Bertz CT molecular complexity index is 1000. The second-order valence-corrected chi connectivity index (χ2v) is 8.52. The van der Waals surface area contributed by atoms with Gasteiger partial charge in [0, 0.05) is 29.4 Å². The van der Waals surface area contributed by atoms with E-state index in [9.17, 15) is 9.59 Å². The number of nitrogens with one attached hydrogen (secondary N) is 1. The van der Waals surface area contributed by atoms with Crippen LogP contribution in [0.25, 0.3) is 16.2 Å². The number of rotatable bonds is 3. The Labute approximate surface area is 161 Å². The number of carbonyl (C=O) groups excluding carboxylic acids is 2. The number of fused-ring (bicyclic) bond motifs is 1. The van der Waals surface area contributed by atoms with Gasteiger partial charge in [0.05, 0.1) is 11.6 Å². The number of anilines is 1. The van der Waals surface area contributed by atoms with Gasteiger partial charge in [0.2, 0.25) is 22.7 Å². The average Bonchev–Trinajstić information content (AvgIpc) is 3.28. The van der Waals surface area contributed by atoms with Gasteiger partial charge >= 0.3 is 0 Å². The van der Waals surface area contributed by atoms with E-state index in [1.807, 2.05) is 56.5 Å². The molecule has 2 amide bonds. The van der Waals surface area contributed by atoms with Crippen molar-refractivity contribution in [1.82, 2.24) is 19.5 Å². The second-order valence-electron chi connectivity index (χ2n) is 7.68. The molecule has 0 bridgehead atoms. The molecule has 7 nitrogen and oxygen atoms in total. The fraction of sp³-hybridized carbons (Fsp3) is 0.368. The highest BCUT2D eigenvalue weighted by atomic mass is 32.1. The SMILES string of the molecule is CC(C)(C)N1CC(C(=O)Nc2nc3scc(-c4ccccc4)n3n2)CC1=O. The first-order valence-electron chi connectivity index (χ1n) is 8.84. The van der Waals surface area contributed by atoms with E-state index < -0.39 is 0 Å². The number of likely N-dealkylation sites (tertiary alicyclic amines) is 1. The molecule has 1 unspecified atom stereocenters. The molecule has 1 atom stereocenters. The summed E-state index contributed by atoms with van der Waals surface area (Å²) in [5.41, 5.74) is 1.68. The summed E-state index contributed by atoms with van der Waals surface area (Å²) in [7, 11) is 0. The summed E-state index contributed by atoms with van der Waals surface area (Å²) in [6.07, 6.45) is 0.223. The lowest BCUT2D eigenvalue weighted by molar-refractivity contribution is -0.131. The molecule has 0 spiro atoms. The van der Waals surface area contributed by atoms with Gasteiger partial charge in [0.25, 0.3) is 0 Å². The highest BCUT2D eigenvalue weighted by Crippen LogP contribution is 2.28. The van der Waals surface area contributed by atoms with E-state index >= 15 is 0 Å². The number of hydrogen-bond donors (Lipinski definition) is 1. The molecule has 140 valence electrons. The van der Waals surface area contributed by atoms with E-state index in [2.05, 4.69) is 15.4 Å². The molecule has 0 aliphatic carbocycles. The average molecular weight is 383 g/mol. The van der Waals surface area contributed by atoms with E-state index in [0.29, 0.717) is 11.5 Å². The second kappa shape index (κ2) is 6.45. The molecule has 3 aromatic rings. The quantitative estimate of drug-likeness (QED) is 0.754. The Balaban J connectivity index is 1.52. The first-order valence-corrected chi connectivity index (χ1v) is 9.72. The molecule has 1 fully saturated rings. The van der Waals surface area contributed by atoms with Crippen molar-refractivity contribution in [3.8, 4) is 11.3 Å². The van der Waals surface area contributed by atoms with Gasteiger partial charge in [-0.25, -0.2) is 4.52 Å². The molecule has 3 heterocycles. The van der Waals surface area contributed by atoms with Crippen molar-refractivity contribution in [1.29, 1.82) is 0 Å². The van der Waals surface area contributed by atoms with E-state index in [1.165, 1.54) is 11.3 Å². The third-order valence-corrected chi connectivity index (χ3v) is 5.51. The van der Waals surface area contributed by atoms with Gasteiger partial charge < -0.3 is 4.90 Å². The van der Waals surface area contributed by atoms with Crippen LogP contribution >= 0.6 is 11.3 Å². The standard InChI is InChI=1S/C19H21N5O2S/c1-19(2,3)23-10-13(9-15(23)25)16(26)20-17-21-18-24(22-17)14(11-27-18)12-7-5-4-6-8-12/h4-8,11,13H,9-10H2,1-3H3,(H,20,22,26). The van der Waals surface area contributed by atoms with Crippen molar-refractivity contribution in [3.63, 3.8) is 0 Å². The largest absolute Gasteiger partial charge is 0.337 e. The summed E-state index contributed by atoms with van der Waals surface area (Å²) in [4.78, 5) is 31.7. The van der Waals surface area contributed by atoms with Gasteiger partial charge in [-0.3, -0.25) is 14.9 Å². The monoisotopic (exact) mass is 383 g/mol. The van der Waals surface area contributed by atoms with Crippen LogP contribution in [0.2, 0.25) is 0 Å². The van der Waals surface area contributed by atoms with Crippen molar-refractivity contribution in [3.05, 3.63) is 35.7 Å². The number of benzene rings is 1. The maximum Gasteiger partial charge on any atom is 0.250 e. The number of aromatic nitrogens is 3. The summed E-state index contributed by atoms with van der Waals surface area (Å²) in [6, 6.07) is 9.91. The molecular formula is C19H21N5O2S. The van der Waals surface area contributed by atoms with Gasteiger partial charge in [-0.2, -0.15) is 4.98 Å². The molecule has 1 aliphatic heterocycles. The van der Waals surface area contributed by atoms with Crippen LogP contribution in [0.3, 0.4) is 0 Å². The van der Waals surface area contributed by atoms with Gasteiger partial charge in [-0.05, 0) is 20.8 Å². The normalized spacial score (nSPS) is 17.7. The lowest BCUT2D eigenvalue weighted by atomic mass is 10.1. The zero-order chi connectivity index (χ0) is 19.2. The Hall–Kier alpha value is -2.74. The van der Waals surface area contributed by atoms with Crippen molar-refractivity contribution in [2.75, 3.05) is 11.9 Å². The van der Waals surface area contributed by atoms with E-state index in [4.69, 9.17) is 0 Å². The van der Waals surface area contributed by atoms with Crippen LogP contribution in [-0.4, -0.2) is 43.4 Å². The highest BCUT2D eigenvalue weighted by Gasteiger charge is 2.39. The Morgan fingerprint density at radius 2 is 2.00 bits per heavy atom. The topological polar surface area (TPSA) is 79.6 Å². The molecule has 0 saturated carbocycles. The molecule has 1 aliphatic rings. The fourth-order valence-corrected chi connectivity index (χ4v) is 4.12. The van der Waals surface area contributed by atoms with Gasteiger partial charge in [0.15, 0.2) is 0 Å². The summed E-state index contributed by atoms with van der Waals surface area (Å²) in [6.45, 7) is 6.34. The van der Waals surface area contributed by atoms with Crippen molar-refractivity contribution in [2.45, 2.75) is 32.7 Å². The van der Waals surface area contributed by atoms with Crippen LogP contribution in [0.15, 0.2) is 35.7 Å². The van der Waals surface area contributed by atoms with Crippen molar-refractivity contribution >= 4 is 34.1 Å². The lowest BCUT2D eigenvalue weighted by Gasteiger charge is -2.31. The smallest absolute Gasteiger partial charge is 0.250 e. The van der Waals surface area contributed by atoms with Crippen molar-refractivity contribution < 1.29 is 9.59 Å². The Kier molecular flexibility index (Phi) is 4.22. The molecule has 2 aromatic heterocycles. The van der Waals surface area contributed by atoms with Gasteiger partial charge in [-0.15, -0.1) is 16.4 Å². The lowest BCUT2D eigenvalue weighted by Crippen LogP contribution is -2.42. The first kappa shape index (κ1) is 17.7. The number of carbonyl (C=O) groups is 2. The highest BCUT2D eigenvalue weighted by molar-refractivity contribution is 7.15. The Morgan fingerprint density at radius 3 is 2.67 bits per heavy atom. The molecule has 8 heteroatoms. The van der Waals surface area contributed by atoms with Gasteiger partial charge in [-0.1, -0.05) is 30.3 Å². The fourth-order valence-electron chi connectivity index (χ4n) is 3.29.